The topological polar surface area (TPSA) is 255 Å². The van der Waals surface area contributed by atoms with Gasteiger partial charge in [-0.15, -0.1) is 0 Å². The molecule has 1 fully saturated rings. The van der Waals surface area contributed by atoms with Crippen molar-refractivity contribution in [3.8, 4) is 0 Å². The molecule has 32 heavy (non-hydrogen) atoms. The van der Waals surface area contributed by atoms with E-state index < -0.39 is 46.9 Å². The average molecular weight is 494 g/mol. The van der Waals surface area contributed by atoms with Crippen molar-refractivity contribution in [2.45, 2.75) is 30.9 Å². The summed E-state index contributed by atoms with van der Waals surface area (Å²) in [7, 11) is -5.45. The minimum Gasteiger partial charge on any atom is -0.480 e. The molecule has 0 saturated carbocycles. The van der Waals surface area contributed by atoms with Gasteiger partial charge in [-0.2, -0.15) is 25.9 Å². The van der Waals surface area contributed by atoms with E-state index in [0.29, 0.717) is 6.42 Å². The van der Waals surface area contributed by atoms with Gasteiger partial charge >= 0.3 is 25.2 Å². The van der Waals surface area contributed by atoms with Crippen LogP contribution < -0.4 is 21.9 Å². The fourth-order valence-electron chi connectivity index (χ4n) is 2.67. The zero-order valence-corrected chi connectivity index (χ0v) is 17.5. The van der Waals surface area contributed by atoms with Gasteiger partial charge in [0, 0.05) is 25.6 Å². The summed E-state index contributed by atoms with van der Waals surface area (Å²) in [5.74, 6) is -4.89. The van der Waals surface area contributed by atoms with Crippen molar-refractivity contribution < 1.29 is 51.4 Å². The second-order valence-electron chi connectivity index (χ2n) is 6.76. The molecule has 0 aromatic rings. The maximum Gasteiger partial charge on any atom is 0.490 e. The van der Waals surface area contributed by atoms with E-state index in [9.17, 15) is 31.5 Å². The molecule has 0 aromatic heterocycles. The summed E-state index contributed by atoms with van der Waals surface area (Å²) >= 11 is 0. The Morgan fingerprint density at radius 3 is 2.19 bits per heavy atom. The van der Waals surface area contributed by atoms with Crippen LogP contribution in [0.5, 0.6) is 0 Å². The number of alkyl halides is 3. The molecule has 0 bridgehead atoms. The molecule has 2 atom stereocenters. The predicted octanol–water partition coefficient (Wildman–Crippen LogP) is -3.31. The largest absolute Gasteiger partial charge is 0.490 e. The van der Waals surface area contributed by atoms with Crippen molar-refractivity contribution in [2.75, 3.05) is 26.2 Å². The van der Waals surface area contributed by atoms with Crippen molar-refractivity contribution in [3.63, 3.8) is 0 Å². The maximum absolute atomic E-state index is 12.3. The summed E-state index contributed by atoms with van der Waals surface area (Å²) < 4.78 is 59.6. The summed E-state index contributed by atoms with van der Waals surface area (Å²) in [4.78, 5) is 24.1. The van der Waals surface area contributed by atoms with Gasteiger partial charge in [-0.05, 0) is 12.7 Å². The van der Waals surface area contributed by atoms with Crippen molar-refractivity contribution in [3.05, 3.63) is 0 Å². The summed E-state index contributed by atoms with van der Waals surface area (Å²) in [5, 5.41) is 34.3. The van der Waals surface area contributed by atoms with Crippen LogP contribution in [-0.2, 0) is 19.8 Å². The van der Waals surface area contributed by atoms with E-state index >= 15 is 0 Å². The lowest BCUT2D eigenvalue weighted by Crippen LogP contribution is -2.55. The summed E-state index contributed by atoms with van der Waals surface area (Å²) in [6.07, 6.45) is -4.48. The van der Waals surface area contributed by atoms with Crippen molar-refractivity contribution >= 4 is 35.2 Å². The van der Waals surface area contributed by atoms with E-state index in [2.05, 4.69) is 9.71 Å². The first-order valence-electron chi connectivity index (χ1n) is 8.92. The van der Waals surface area contributed by atoms with Crippen LogP contribution in [0.4, 0.5) is 13.2 Å². The van der Waals surface area contributed by atoms with Gasteiger partial charge < -0.3 is 37.5 Å². The Labute approximate surface area is 181 Å². The zero-order chi connectivity index (χ0) is 25.3. The SMILES string of the molecule is NC(N)=NCCNS(=O)(=O)N1C[C@@H](CCCB(O)O)[C@@](N)(C(=O)O)C1.O=C(O)C(F)(F)F. The first-order valence-corrected chi connectivity index (χ1v) is 10.4. The van der Waals surface area contributed by atoms with E-state index in [1.807, 2.05) is 0 Å². The molecule has 1 saturated heterocycles. The van der Waals surface area contributed by atoms with Gasteiger partial charge in [0.25, 0.3) is 10.2 Å². The number of aliphatic carboxylic acids is 2. The molecule has 1 aliphatic rings. The smallest absolute Gasteiger partial charge is 0.480 e. The van der Waals surface area contributed by atoms with E-state index in [0.717, 1.165) is 4.31 Å². The fourth-order valence-corrected chi connectivity index (χ4v) is 3.96. The molecule has 11 N–H and O–H groups in total. The van der Waals surface area contributed by atoms with Crippen LogP contribution in [0.2, 0.25) is 6.32 Å². The Morgan fingerprint density at radius 1 is 1.25 bits per heavy atom. The summed E-state index contributed by atoms with van der Waals surface area (Å²) in [5.41, 5.74) is 14.5. The standard InChI is InChI=1S/C11H25BN6O6S.C2HF3O2/c13-10(14)16-4-5-17-25(23,24)18-6-8(2-1-3-12(21)22)11(15,7-18)9(19)20;3-2(4,5)1(6)7/h8,17,21-22H,1-7,15H2,(H,19,20)(H4,13,14,16);(H,6,7)/t8-,11-;/m1./s1. The highest BCUT2D eigenvalue weighted by atomic mass is 32.2. The van der Waals surface area contributed by atoms with Crippen molar-refractivity contribution in [1.82, 2.24) is 9.03 Å². The van der Waals surface area contributed by atoms with Crippen LogP contribution in [-0.4, -0.2) is 95.9 Å². The number of hydrogen-bond donors (Lipinski definition) is 8. The summed E-state index contributed by atoms with van der Waals surface area (Å²) in [6.45, 7) is -0.475. The molecule has 0 radical (unpaired) electrons. The minimum atomic E-state index is -5.08. The van der Waals surface area contributed by atoms with E-state index in [1.54, 1.807) is 0 Å². The molecule has 1 rings (SSSR count). The number of hydrogen-bond acceptors (Lipinski definition) is 8. The minimum absolute atomic E-state index is 0.0416. The lowest BCUT2D eigenvalue weighted by atomic mass is 9.78. The second kappa shape index (κ2) is 12.2. The van der Waals surface area contributed by atoms with Crippen LogP contribution in [0.1, 0.15) is 12.8 Å². The Hall–Kier alpha value is -2.19. The molecular weight excluding hydrogens is 468 g/mol. The lowest BCUT2D eigenvalue weighted by Gasteiger charge is -2.25. The molecule has 1 heterocycles. The lowest BCUT2D eigenvalue weighted by molar-refractivity contribution is -0.192. The first-order chi connectivity index (χ1) is 14.4. The van der Waals surface area contributed by atoms with Gasteiger partial charge in [-0.3, -0.25) is 9.79 Å². The molecule has 0 amide bonds. The average Bonchev–Trinajstić information content (AvgIpc) is 2.97. The number of guanidine groups is 1. The molecule has 0 aromatic carbocycles. The molecule has 1 aliphatic heterocycles. The van der Waals surface area contributed by atoms with Crippen LogP contribution >= 0.6 is 0 Å². The third kappa shape index (κ3) is 9.96. The number of carbonyl (C=O) groups is 2. The van der Waals surface area contributed by atoms with Gasteiger partial charge in [0.2, 0.25) is 0 Å². The van der Waals surface area contributed by atoms with Crippen molar-refractivity contribution in [1.29, 1.82) is 0 Å². The quantitative estimate of drug-likeness (QED) is 0.0646. The highest BCUT2D eigenvalue weighted by Crippen LogP contribution is 2.31. The Bertz CT molecular complexity index is 780. The highest BCUT2D eigenvalue weighted by Gasteiger charge is 2.52. The van der Waals surface area contributed by atoms with E-state index in [4.69, 9.17) is 37.2 Å². The van der Waals surface area contributed by atoms with Crippen LogP contribution in [0.25, 0.3) is 0 Å². The van der Waals surface area contributed by atoms with Crippen LogP contribution in [0.3, 0.4) is 0 Å². The number of nitrogens with one attached hydrogen (secondary N) is 1. The van der Waals surface area contributed by atoms with Crippen LogP contribution in [0.15, 0.2) is 4.99 Å². The Balaban J connectivity index is 0.00000118. The monoisotopic (exact) mass is 494 g/mol. The molecule has 14 nitrogen and oxygen atoms in total. The van der Waals surface area contributed by atoms with Crippen molar-refractivity contribution in [2.24, 2.45) is 28.1 Å². The van der Waals surface area contributed by atoms with E-state index in [-0.39, 0.29) is 44.9 Å². The van der Waals surface area contributed by atoms with Gasteiger partial charge in [0.1, 0.15) is 5.54 Å². The Morgan fingerprint density at radius 2 is 1.78 bits per heavy atom. The number of carboxylic acids is 2. The highest BCUT2D eigenvalue weighted by molar-refractivity contribution is 7.87. The molecule has 19 heteroatoms. The predicted molar refractivity (Wildman–Crippen MR) is 105 cm³/mol. The zero-order valence-electron chi connectivity index (χ0n) is 16.7. The number of halogens is 3. The third-order valence-electron chi connectivity index (χ3n) is 4.28. The first kappa shape index (κ1) is 29.8. The number of nitrogens with two attached hydrogens (primary N) is 3. The number of carboxylic acid groups (broad SMARTS) is 2. The van der Waals surface area contributed by atoms with Gasteiger partial charge in [-0.25, -0.2) is 9.52 Å². The maximum atomic E-state index is 12.3. The third-order valence-corrected chi connectivity index (χ3v) is 5.80. The molecule has 0 spiro atoms. The van der Waals surface area contributed by atoms with Gasteiger partial charge in [0.15, 0.2) is 5.96 Å². The normalized spacial score (nSPS) is 21.4. The van der Waals surface area contributed by atoms with Gasteiger partial charge in [-0.1, -0.05) is 6.42 Å². The molecular formula is C13H26BF3N6O8S. The van der Waals surface area contributed by atoms with Gasteiger partial charge in [0.05, 0.1) is 6.54 Å². The molecule has 0 unspecified atom stereocenters. The second-order valence-corrected chi connectivity index (χ2v) is 8.51. The number of nitrogens with zero attached hydrogens (tertiary/aromatic N) is 2. The number of aliphatic imine (C=N–C) groups is 1. The van der Waals surface area contributed by atoms with Crippen LogP contribution in [0, 0.1) is 5.92 Å². The molecule has 0 aliphatic carbocycles. The Kier molecular flexibility index (Phi) is 11.3. The number of rotatable bonds is 10. The molecule has 186 valence electrons. The fraction of sp³-hybridized carbons (Fsp3) is 0.769. The summed E-state index contributed by atoms with van der Waals surface area (Å²) in [6, 6.07) is 0. The van der Waals surface area contributed by atoms with E-state index in [1.165, 1.54) is 0 Å².